The van der Waals surface area contributed by atoms with Crippen LogP contribution in [0.15, 0.2) is 61.1 Å². The predicted octanol–water partition coefficient (Wildman–Crippen LogP) is 5.00. The summed E-state index contributed by atoms with van der Waals surface area (Å²) in [4.78, 5) is 31.0. The maximum absolute atomic E-state index is 12.0. The van der Waals surface area contributed by atoms with Gasteiger partial charge in [0.15, 0.2) is 11.9 Å². The van der Waals surface area contributed by atoms with Gasteiger partial charge in [-0.3, -0.25) is 4.98 Å². The van der Waals surface area contributed by atoms with E-state index in [1.807, 2.05) is 30.5 Å². The molecule has 0 radical (unpaired) electrons. The largest absolute Gasteiger partial charge is 0.479 e. The Balaban J connectivity index is 1.39. The Morgan fingerprint density at radius 2 is 1.92 bits per heavy atom. The summed E-state index contributed by atoms with van der Waals surface area (Å²) >= 11 is 0. The van der Waals surface area contributed by atoms with Crippen molar-refractivity contribution in [1.82, 2.24) is 25.3 Å². The van der Waals surface area contributed by atoms with Gasteiger partial charge in [-0.15, -0.1) is 0 Å². The molecule has 2 fully saturated rings. The van der Waals surface area contributed by atoms with Crippen molar-refractivity contribution in [2.45, 2.75) is 51.1 Å². The van der Waals surface area contributed by atoms with E-state index >= 15 is 0 Å². The van der Waals surface area contributed by atoms with Gasteiger partial charge in [0.25, 0.3) is 0 Å². The van der Waals surface area contributed by atoms with Crippen LogP contribution in [0.2, 0.25) is 0 Å². The van der Waals surface area contributed by atoms with Crippen LogP contribution >= 0.6 is 0 Å². The minimum Gasteiger partial charge on any atom is -0.479 e. The SMILES string of the molecule is CC1(C)CNCCC1Nc1nc(-c2ccnc(NC(C(=O)O)c3ccccc3)c2)nc2cncc(C3CC3)c12. The Hall–Kier alpha value is -4.11. The molecule has 0 spiro atoms. The number of anilines is 2. The van der Waals surface area contributed by atoms with Gasteiger partial charge in [-0.1, -0.05) is 44.2 Å². The van der Waals surface area contributed by atoms with Gasteiger partial charge in [-0.05, 0) is 60.4 Å². The van der Waals surface area contributed by atoms with Crippen LogP contribution in [0.25, 0.3) is 22.3 Å². The lowest BCUT2D eigenvalue weighted by Gasteiger charge is -2.40. The molecule has 1 aliphatic heterocycles. The molecule has 2 aliphatic rings. The number of nitrogens with one attached hydrogen (secondary N) is 3. The molecule has 200 valence electrons. The molecule has 0 amide bonds. The van der Waals surface area contributed by atoms with Crippen LogP contribution in [0.1, 0.15) is 56.2 Å². The number of rotatable bonds is 8. The number of fused-ring (bicyclic) bond motifs is 1. The zero-order chi connectivity index (χ0) is 27.0. The highest BCUT2D eigenvalue weighted by Crippen LogP contribution is 2.44. The van der Waals surface area contributed by atoms with Crippen LogP contribution in [0, 0.1) is 5.41 Å². The summed E-state index contributed by atoms with van der Waals surface area (Å²) in [6, 6.07) is 12.0. The molecule has 1 aliphatic carbocycles. The van der Waals surface area contributed by atoms with Crippen LogP contribution in [-0.2, 0) is 4.79 Å². The first kappa shape index (κ1) is 25.2. The Bertz CT molecular complexity index is 1500. The van der Waals surface area contributed by atoms with Crippen molar-refractivity contribution in [2.24, 2.45) is 5.41 Å². The number of pyridine rings is 2. The smallest absolute Gasteiger partial charge is 0.330 e. The molecular weight excluding hydrogens is 490 g/mol. The molecule has 1 aromatic carbocycles. The highest BCUT2D eigenvalue weighted by molar-refractivity contribution is 5.93. The van der Waals surface area contributed by atoms with E-state index in [1.54, 1.807) is 30.6 Å². The molecule has 4 aromatic rings. The van der Waals surface area contributed by atoms with Gasteiger partial charge in [0.1, 0.15) is 11.6 Å². The lowest BCUT2D eigenvalue weighted by molar-refractivity contribution is -0.138. The molecular formula is C30H33N7O2. The van der Waals surface area contributed by atoms with Crippen molar-refractivity contribution in [3.05, 3.63) is 72.2 Å². The Labute approximate surface area is 227 Å². The number of aliphatic carboxylic acids is 1. The summed E-state index contributed by atoms with van der Waals surface area (Å²) in [6.45, 7) is 6.44. The summed E-state index contributed by atoms with van der Waals surface area (Å²) < 4.78 is 0. The van der Waals surface area contributed by atoms with E-state index in [2.05, 4.69) is 39.8 Å². The number of benzene rings is 1. The number of carboxylic acid groups (broad SMARTS) is 1. The number of nitrogens with zero attached hydrogens (tertiary/aromatic N) is 4. The first-order valence-corrected chi connectivity index (χ1v) is 13.5. The van der Waals surface area contributed by atoms with Gasteiger partial charge < -0.3 is 21.1 Å². The van der Waals surface area contributed by atoms with E-state index in [4.69, 9.17) is 9.97 Å². The second-order valence-electron chi connectivity index (χ2n) is 11.2. The number of aromatic nitrogens is 4. The molecule has 1 saturated heterocycles. The van der Waals surface area contributed by atoms with Gasteiger partial charge in [-0.2, -0.15) is 0 Å². The molecule has 39 heavy (non-hydrogen) atoms. The Morgan fingerprint density at radius 3 is 2.67 bits per heavy atom. The maximum Gasteiger partial charge on any atom is 0.330 e. The number of hydrogen-bond donors (Lipinski definition) is 4. The van der Waals surface area contributed by atoms with Crippen LogP contribution in [0.5, 0.6) is 0 Å². The summed E-state index contributed by atoms with van der Waals surface area (Å²) in [5.74, 6) is 1.33. The zero-order valence-electron chi connectivity index (χ0n) is 22.2. The Morgan fingerprint density at radius 1 is 1.10 bits per heavy atom. The predicted molar refractivity (Wildman–Crippen MR) is 152 cm³/mol. The average molecular weight is 524 g/mol. The van der Waals surface area contributed by atoms with Gasteiger partial charge in [0.05, 0.1) is 11.7 Å². The standard InChI is InChI=1S/C30H33N7O2/c1-30(2)17-31-12-11-23(30)35-28-25-21(18-8-9-18)15-32-16-22(25)34-27(37-28)20-10-13-33-24(14-20)36-26(29(38)39)19-6-4-3-5-7-19/h3-7,10,13-16,18,23,26,31H,8-9,11-12,17H2,1-2H3,(H,33,36)(H,38,39)(H,34,35,37). The maximum atomic E-state index is 12.0. The molecule has 1 saturated carbocycles. The fraction of sp³-hybridized carbons (Fsp3) is 0.367. The summed E-state index contributed by atoms with van der Waals surface area (Å²) in [7, 11) is 0. The number of carboxylic acids is 1. The van der Waals surface area contributed by atoms with E-state index in [1.165, 1.54) is 5.56 Å². The average Bonchev–Trinajstić information content (AvgIpc) is 3.78. The fourth-order valence-corrected chi connectivity index (χ4v) is 5.38. The molecule has 4 heterocycles. The highest BCUT2D eigenvalue weighted by atomic mass is 16.4. The summed E-state index contributed by atoms with van der Waals surface area (Å²) in [5, 5.41) is 21.3. The first-order valence-electron chi connectivity index (χ1n) is 13.5. The zero-order valence-corrected chi connectivity index (χ0v) is 22.2. The third kappa shape index (κ3) is 5.27. The van der Waals surface area contributed by atoms with E-state index in [9.17, 15) is 9.90 Å². The molecule has 2 unspecified atom stereocenters. The lowest BCUT2D eigenvalue weighted by atomic mass is 9.80. The number of carbonyl (C=O) groups is 1. The second-order valence-corrected chi connectivity index (χ2v) is 11.2. The molecule has 4 N–H and O–H groups in total. The van der Waals surface area contributed by atoms with Gasteiger partial charge in [0.2, 0.25) is 0 Å². The normalized spacial score (nSPS) is 19.4. The number of hydrogen-bond acceptors (Lipinski definition) is 8. The number of piperidine rings is 1. The molecule has 9 nitrogen and oxygen atoms in total. The van der Waals surface area contributed by atoms with Crippen molar-refractivity contribution in [2.75, 3.05) is 23.7 Å². The lowest BCUT2D eigenvalue weighted by Crippen LogP contribution is -2.49. The quantitative estimate of drug-likeness (QED) is 0.252. The minimum atomic E-state index is -0.981. The molecule has 3 aromatic heterocycles. The molecule has 2 atom stereocenters. The molecule has 9 heteroatoms. The van der Waals surface area contributed by atoms with Crippen LogP contribution in [-0.4, -0.2) is 50.1 Å². The van der Waals surface area contributed by atoms with E-state index in [0.717, 1.165) is 54.6 Å². The van der Waals surface area contributed by atoms with Gasteiger partial charge >= 0.3 is 5.97 Å². The third-order valence-corrected chi connectivity index (χ3v) is 7.79. The van der Waals surface area contributed by atoms with Crippen molar-refractivity contribution in [1.29, 1.82) is 0 Å². The molecule has 0 bridgehead atoms. The second kappa shape index (κ2) is 10.2. The third-order valence-electron chi connectivity index (χ3n) is 7.79. The van der Waals surface area contributed by atoms with E-state index in [0.29, 0.717) is 23.1 Å². The van der Waals surface area contributed by atoms with Crippen LogP contribution in [0.3, 0.4) is 0 Å². The van der Waals surface area contributed by atoms with E-state index in [-0.39, 0.29) is 11.5 Å². The van der Waals surface area contributed by atoms with Crippen molar-refractivity contribution in [3.8, 4) is 11.4 Å². The summed E-state index contributed by atoms with van der Waals surface area (Å²) in [5.41, 5.74) is 3.46. The highest BCUT2D eigenvalue weighted by Gasteiger charge is 2.34. The fourth-order valence-electron chi connectivity index (χ4n) is 5.38. The van der Waals surface area contributed by atoms with E-state index < -0.39 is 12.0 Å². The topological polar surface area (TPSA) is 125 Å². The molecule has 6 rings (SSSR count). The van der Waals surface area contributed by atoms with Crippen molar-refractivity contribution >= 4 is 28.5 Å². The van der Waals surface area contributed by atoms with Gasteiger partial charge in [0, 0.05) is 35.9 Å². The van der Waals surface area contributed by atoms with Gasteiger partial charge in [-0.25, -0.2) is 19.7 Å². The first-order chi connectivity index (χ1) is 18.9. The minimum absolute atomic E-state index is 0.0551. The van der Waals surface area contributed by atoms with Crippen molar-refractivity contribution in [3.63, 3.8) is 0 Å². The van der Waals surface area contributed by atoms with Crippen molar-refractivity contribution < 1.29 is 9.90 Å². The summed E-state index contributed by atoms with van der Waals surface area (Å²) in [6.07, 6.45) is 8.74. The van der Waals surface area contributed by atoms with Crippen LogP contribution in [0.4, 0.5) is 11.6 Å². The van der Waals surface area contributed by atoms with Crippen LogP contribution < -0.4 is 16.0 Å². The monoisotopic (exact) mass is 523 g/mol. The Kier molecular flexibility index (Phi) is 6.60.